The molecule has 11 rings (SSSR count). The van der Waals surface area contributed by atoms with Gasteiger partial charge in [-0.2, -0.15) is 73.2 Å². The van der Waals surface area contributed by atoms with Gasteiger partial charge in [-0.15, -0.1) is 6.58 Å². The molecule has 36 nitrogen and oxygen atoms in total. The second-order valence-corrected chi connectivity index (χ2v) is 36.3. The first-order chi connectivity index (χ1) is 67.1. The van der Waals surface area contributed by atoms with E-state index in [1.807, 2.05) is 65.0 Å². The Morgan fingerprint density at radius 2 is 0.842 bits per heavy atom. The molecular formula is C94H110B2F9NNaO35S4. The van der Waals surface area contributed by atoms with Gasteiger partial charge in [-0.05, 0) is 199 Å². The fraction of sp³-hybridized carbons (Fsp3) is 0.351. The molecule has 2 fully saturated rings. The minimum absolute atomic E-state index is 0. The number of hydrogen-bond acceptors (Lipinski definition) is 35. The smallest absolute Gasteiger partial charge is 1.00 e. The third-order valence-electron chi connectivity index (χ3n) is 20.1. The number of halogens is 9. The van der Waals surface area contributed by atoms with Crippen molar-refractivity contribution < 1.29 is 232 Å². The van der Waals surface area contributed by atoms with Gasteiger partial charge in [-0.3, -0.25) is 19.1 Å². The number of phenolic OH excluding ortho intramolecular Hbond substituents is 3. The average molecular weight is 2160 g/mol. The topological polar surface area (TPSA) is 516 Å². The summed E-state index contributed by atoms with van der Waals surface area (Å²) in [5.74, 6) is -6.21. The van der Waals surface area contributed by atoms with E-state index in [4.69, 9.17) is 33.2 Å². The van der Waals surface area contributed by atoms with Gasteiger partial charge >= 0.3 is 120 Å². The molecule has 5 N–H and O–H groups in total. The largest absolute Gasteiger partial charge is 1.00 e. The molecule has 0 bridgehead atoms. The molecule has 795 valence electrons. The van der Waals surface area contributed by atoms with Crippen molar-refractivity contribution in [1.29, 1.82) is 0 Å². The second-order valence-electron chi connectivity index (χ2n) is 30.2. The van der Waals surface area contributed by atoms with Crippen LogP contribution in [0, 0.1) is 41.5 Å². The van der Waals surface area contributed by atoms with E-state index in [9.17, 15) is 127 Å². The van der Waals surface area contributed by atoms with E-state index in [2.05, 4.69) is 52.5 Å². The van der Waals surface area contributed by atoms with Crippen LogP contribution >= 0.6 is 0 Å². The number of rotatable bonds is 22. The number of aliphatic hydroxyl groups excluding tert-OH is 1. The molecule has 7 aromatic carbocycles. The maximum absolute atomic E-state index is 12.7. The number of aromatic hydroxyl groups is 3. The van der Waals surface area contributed by atoms with Crippen molar-refractivity contribution in [3.63, 3.8) is 0 Å². The van der Waals surface area contributed by atoms with Crippen molar-refractivity contribution in [3.8, 4) is 34.5 Å². The standard InChI is InChI=1S/C16H19F3O7S.2C12H14O3.C11H11F3O6S.C11H9F3O6S.C10H10O4.C6H13BO2.C6H6O3S.C5H5N.C5H8O.B.Na.H/c1-10-12(15(20)23-2)7-6-11(9-25-13-5-3-4-8-24-13)14(10)26-27(21,22)16(17,18)19;2*1-4-5-9-6-7-10(12(14)15-3)8(2)11(9)13;2*1-6-8(10(16)19-2)4-3-7(5-15)9(6)20-21(17,18)11(12,13)14;1-6-8(10(13)14-2)4-3-7(5-11)9(6)12;1-5(2)6(3,4)9-7-8-5;7-10(8,9)6-4-2-1-3-5-6;2*1-2-4-6-5-3-1;;;/h6-7,13H,3-5,8-9H2,1-2H3;4-7,13H,1-3H3;4,6-7,13H,1,5H2,2-3H3;3-4,15H,5H2,1-2H3;3-5H,1-2H3;3-5,12H,1-2H3;7H,1-4H3;1-5H,(H,7,8,9);1-5H;2,4H,1,3,5H2;;;/q;;;;;;;;;;;+1;-1. The van der Waals surface area contributed by atoms with Crippen molar-refractivity contribution >= 4 is 111 Å². The van der Waals surface area contributed by atoms with Gasteiger partial charge in [0.15, 0.2) is 36.1 Å². The molecule has 52 heteroatoms. The van der Waals surface area contributed by atoms with E-state index >= 15 is 0 Å². The molecule has 0 aliphatic carbocycles. The van der Waals surface area contributed by atoms with Crippen molar-refractivity contribution in [3.05, 3.63) is 265 Å². The summed E-state index contributed by atoms with van der Waals surface area (Å²) in [6.07, 6.45) is 18.0. The summed E-state index contributed by atoms with van der Waals surface area (Å²) in [5, 5.41) is 38.1. The molecule has 3 aliphatic rings. The number of carbonyl (C=O) groups excluding carboxylic acids is 8. The molecule has 0 spiro atoms. The van der Waals surface area contributed by atoms with Crippen molar-refractivity contribution in [2.75, 3.05) is 55.9 Å². The quantitative estimate of drug-likeness (QED) is 0.00484. The predicted molar refractivity (Wildman–Crippen MR) is 510 cm³/mol. The summed E-state index contributed by atoms with van der Waals surface area (Å²) < 4.78 is 274. The van der Waals surface area contributed by atoms with Crippen molar-refractivity contribution in [2.45, 2.75) is 167 Å². The predicted octanol–water partition coefficient (Wildman–Crippen LogP) is 13.3. The monoisotopic (exact) mass is 2160 g/mol. The molecule has 3 radical (unpaired) electrons. The van der Waals surface area contributed by atoms with E-state index in [1.54, 1.807) is 94.0 Å². The zero-order valence-corrected chi connectivity index (χ0v) is 87.6. The van der Waals surface area contributed by atoms with Crippen molar-refractivity contribution in [2.24, 2.45) is 0 Å². The molecule has 1 unspecified atom stereocenters. The number of nitrogens with zero attached hydrogens (tertiary/aromatic N) is 1. The second kappa shape index (κ2) is 62.0. The molecule has 1 aromatic heterocycles. The Bertz CT molecular complexity index is 6210. The van der Waals surface area contributed by atoms with Crippen LogP contribution in [-0.2, 0) is 112 Å². The average Bonchev–Trinajstić information content (AvgIpc) is 1.55. The summed E-state index contributed by atoms with van der Waals surface area (Å²) in [5.41, 5.74) is -14.8. The van der Waals surface area contributed by atoms with Crippen molar-refractivity contribution in [1.82, 2.24) is 4.98 Å². The maximum Gasteiger partial charge on any atom is 1.00 e. The van der Waals surface area contributed by atoms with Crippen LogP contribution in [0.3, 0.4) is 0 Å². The number of pyridine rings is 1. The number of alkyl halides is 9. The van der Waals surface area contributed by atoms with Crippen LogP contribution in [0.25, 0.3) is 6.08 Å². The van der Waals surface area contributed by atoms with Crippen LogP contribution in [-0.4, -0.2) is 218 Å². The number of aliphatic hydroxyl groups is 1. The summed E-state index contributed by atoms with van der Waals surface area (Å²) in [7, 11) is -14.3. The van der Waals surface area contributed by atoms with Gasteiger partial charge in [0.05, 0.1) is 129 Å². The van der Waals surface area contributed by atoms with Crippen LogP contribution in [0.2, 0.25) is 0 Å². The van der Waals surface area contributed by atoms with Gasteiger partial charge < -0.3 is 86.3 Å². The number of methoxy groups -OCH3 is 6. The number of aldehydes is 2. The Morgan fingerprint density at radius 3 is 1.14 bits per heavy atom. The SMILES string of the molecule is C1=COCCC1.C=CCc1ccc(C(=O)OC)c(C)c1O.CC1(C)OBOC1(C)C.CC=Cc1ccc(C(=O)OC)c(C)c1O.COC(=O)c1ccc(C=O)c(O)c1C.COC(=O)c1ccc(C=O)c(OS(=O)(=O)C(F)(F)F)c1C.COC(=O)c1ccc(CO)c(OS(=O)(=O)C(F)(F)F)c1C.COC(=O)c1ccc(COC2CCCCO2)c(OS(=O)(=O)C(F)(F)F)c1C.O=S(=O)(O)c1ccccc1.[B].[H-].[Na+].c1ccncc1. The minimum Gasteiger partial charge on any atom is -1.00 e. The van der Waals surface area contributed by atoms with E-state index in [-0.39, 0.29) is 141 Å². The normalized spacial score (nSPS) is 13.6. The molecule has 4 heterocycles. The molecule has 2 saturated heterocycles. The number of phenols is 3. The van der Waals surface area contributed by atoms with Crippen LogP contribution < -0.4 is 42.1 Å². The molecule has 0 amide bonds. The Kier molecular flexibility index (Phi) is 56.8. The van der Waals surface area contributed by atoms with Gasteiger partial charge in [-0.1, -0.05) is 66.8 Å². The fourth-order valence-electron chi connectivity index (χ4n) is 11.4. The van der Waals surface area contributed by atoms with Gasteiger partial charge in [-0.25, -0.2) is 28.8 Å². The van der Waals surface area contributed by atoms with Gasteiger partial charge in [0.1, 0.15) is 17.2 Å². The third kappa shape index (κ3) is 40.5. The number of hydrogen-bond donors (Lipinski definition) is 5. The number of benzene rings is 7. The molecular weight excluding hydrogens is 2050 g/mol. The number of ether oxygens (including phenoxy) is 9. The molecule has 3 aliphatic heterocycles. The Hall–Kier alpha value is -12.3. The molecule has 1 atom stereocenters. The van der Waals surface area contributed by atoms with Gasteiger partial charge in [0.25, 0.3) is 10.1 Å². The van der Waals surface area contributed by atoms with Crippen LogP contribution in [0.4, 0.5) is 39.5 Å². The minimum atomic E-state index is -5.97. The summed E-state index contributed by atoms with van der Waals surface area (Å²) >= 11 is 0. The zero-order valence-electron chi connectivity index (χ0n) is 83.3. The van der Waals surface area contributed by atoms with E-state index in [0.29, 0.717) is 66.8 Å². The van der Waals surface area contributed by atoms with E-state index in [1.165, 1.54) is 90.5 Å². The van der Waals surface area contributed by atoms with Crippen LogP contribution in [0.15, 0.2) is 170 Å². The number of allylic oxidation sites excluding steroid dienone is 3. The van der Waals surface area contributed by atoms with E-state index < -0.39 is 129 Å². The molecule has 8 aromatic rings. The maximum atomic E-state index is 12.7. The Morgan fingerprint density at radius 1 is 0.486 bits per heavy atom. The first kappa shape index (κ1) is 134. The zero-order chi connectivity index (χ0) is 110. The summed E-state index contributed by atoms with van der Waals surface area (Å²) in [4.78, 5) is 93.3. The number of aromatic nitrogens is 1. The van der Waals surface area contributed by atoms with Crippen LogP contribution in [0.5, 0.6) is 34.5 Å². The first-order valence-corrected chi connectivity index (χ1v) is 47.5. The summed E-state index contributed by atoms with van der Waals surface area (Å²) in [6.45, 7) is 22.5. The Labute approximate surface area is 864 Å². The van der Waals surface area contributed by atoms with Crippen LogP contribution in [0.1, 0.15) is 207 Å². The first-order valence-electron chi connectivity index (χ1n) is 41.8. The number of esters is 6. The van der Waals surface area contributed by atoms with Gasteiger partial charge in [0.2, 0.25) is 0 Å². The van der Waals surface area contributed by atoms with Gasteiger partial charge in [0, 0.05) is 77.5 Å². The third-order valence-corrected chi connectivity index (χ3v) is 23.9. The Balaban J connectivity index is 0. The number of carbonyl (C=O) groups is 8. The molecule has 146 heavy (non-hydrogen) atoms. The summed E-state index contributed by atoms with van der Waals surface area (Å²) in [6, 6.07) is 29.5. The van der Waals surface area contributed by atoms with E-state index in [0.717, 1.165) is 71.5 Å². The molecule has 0 saturated carbocycles. The fourth-order valence-corrected chi connectivity index (χ4v) is 13.5.